The smallest absolute Gasteiger partial charge is 0.191 e. The fourth-order valence-electron chi connectivity index (χ4n) is 3.58. The molecule has 1 aromatic carbocycles. The number of aromatic nitrogens is 3. The van der Waals surface area contributed by atoms with Crippen LogP contribution in [-0.4, -0.2) is 39.9 Å². The van der Waals surface area contributed by atoms with E-state index in [1.54, 1.807) is 0 Å². The Morgan fingerprint density at radius 3 is 2.67 bits per heavy atom. The van der Waals surface area contributed by atoms with Gasteiger partial charge in [0, 0.05) is 25.6 Å². The molecule has 1 aliphatic heterocycles. The zero-order valence-corrected chi connectivity index (χ0v) is 19.1. The molecule has 0 saturated heterocycles. The standard InChI is InChI=1S/C20H30N6.HI/c1-5-21-20(22-9-8-17-11-14(2)10-15(3)12-17)24-18-6-7-19-23-16(4)25-26(19)13-18;/h10-12,18H,5-9,13H2,1-4H3,(H2,21,22,24);1H. The van der Waals surface area contributed by atoms with Crippen molar-refractivity contribution in [1.82, 2.24) is 25.4 Å². The first-order valence-electron chi connectivity index (χ1n) is 9.56. The molecule has 27 heavy (non-hydrogen) atoms. The lowest BCUT2D eigenvalue weighted by Gasteiger charge is -2.25. The molecular weight excluding hydrogens is 451 g/mol. The van der Waals surface area contributed by atoms with E-state index in [-0.39, 0.29) is 24.0 Å². The van der Waals surface area contributed by atoms with Crippen LogP contribution < -0.4 is 10.6 Å². The minimum Gasteiger partial charge on any atom is -0.357 e. The lowest BCUT2D eigenvalue weighted by molar-refractivity contribution is 0.392. The molecule has 3 rings (SSSR count). The van der Waals surface area contributed by atoms with E-state index in [4.69, 9.17) is 4.99 Å². The number of fused-ring (bicyclic) bond motifs is 1. The van der Waals surface area contributed by atoms with Crippen molar-refractivity contribution in [2.75, 3.05) is 13.1 Å². The Hall–Kier alpha value is -1.64. The highest BCUT2D eigenvalue weighted by atomic mass is 127. The van der Waals surface area contributed by atoms with Crippen molar-refractivity contribution >= 4 is 29.9 Å². The minimum atomic E-state index is 0. The van der Waals surface area contributed by atoms with Crippen molar-refractivity contribution in [3.8, 4) is 0 Å². The highest BCUT2D eigenvalue weighted by molar-refractivity contribution is 14.0. The maximum Gasteiger partial charge on any atom is 0.191 e. The second-order valence-electron chi connectivity index (χ2n) is 7.14. The molecule has 1 aliphatic rings. The first-order valence-corrected chi connectivity index (χ1v) is 9.56. The maximum atomic E-state index is 4.77. The Bertz CT molecular complexity index is 763. The summed E-state index contributed by atoms with van der Waals surface area (Å²) in [6.45, 7) is 10.8. The Morgan fingerprint density at radius 2 is 1.96 bits per heavy atom. The maximum absolute atomic E-state index is 4.77. The molecule has 2 N–H and O–H groups in total. The molecular formula is C20H31IN6. The van der Waals surface area contributed by atoms with Crippen LogP contribution in [0.15, 0.2) is 23.2 Å². The second kappa shape index (κ2) is 10.1. The molecule has 1 unspecified atom stereocenters. The molecule has 2 aromatic rings. The molecule has 0 radical (unpaired) electrons. The summed E-state index contributed by atoms with van der Waals surface area (Å²) in [4.78, 5) is 9.25. The number of benzene rings is 1. The number of guanidine groups is 1. The van der Waals surface area contributed by atoms with Gasteiger partial charge in [-0.25, -0.2) is 9.67 Å². The van der Waals surface area contributed by atoms with Crippen LogP contribution in [0.1, 0.15) is 41.7 Å². The van der Waals surface area contributed by atoms with E-state index in [9.17, 15) is 0 Å². The van der Waals surface area contributed by atoms with Crippen molar-refractivity contribution in [2.24, 2.45) is 4.99 Å². The van der Waals surface area contributed by atoms with Gasteiger partial charge in [-0.05, 0) is 46.1 Å². The lowest BCUT2D eigenvalue weighted by atomic mass is 10.1. The van der Waals surface area contributed by atoms with Gasteiger partial charge in [-0.15, -0.1) is 24.0 Å². The fourth-order valence-corrected chi connectivity index (χ4v) is 3.58. The summed E-state index contributed by atoms with van der Waals surface area (Å²) in [6.07, 6.45) is 2.97. The lowest BCUT2D eigenvalue weighted by Crippen LogP contribution is -2.47. The van der Waals surface area contributed by atoms with Crippen LogP contribution in [0.3, 0.4) is 0 Å². The SMILES string of the molecule is CCNC(=NCCc1cc(C)cc(C)c1)NC1CCc2nc(C)nn2C1.I. The molecule has 0 spiro atoms. The molecule has 2 heterocycles. The Labute approximate surface area is 179 Å². The van der Waals surface area contributed by atoms with Crippen molar-refractivity contribution < 1.29 is 0 Å². The molecule has 1 atom stereocenters. The zero-order valence-electron chi connectivity index (χ0n) is 16.7. The van der Waals surface area contributed by atoms with Crippen LogP contribution in [0.25, 0.3) is 0 Å². The van der Waals surface area contributed by atoms with Crippen LogP contribution in [0.5, 0.6) is 0 Å². The number of rotatable bonds is 5. The van der Waals surface area contributed by atoms with E-state index in [1.807, 2.05) is 11.6 Å². The Kier molecular flexibility index (Phi) is 8.07. The van der Waals surface area contributed by atoms with Crippen molar-refractivity contribution in [3.63, 3.8) is 0 Å². The van der Waals surface area contributed by atoms with Gasteiger partial charge in [-0.3, -0.25) is 4.99 Å². The largest absolute Gasteiger partial charge is 0.357 e. The minimum absolute atomic E-state index is 0. The van der Waals surface area contributed by atoms with Crippen molar-refractivity contribution in [2.45, 2.75) is 59.5 Å². The van der Waals surface area contributed by atoms with Gasteiger partial charge in [0.25, 0.3) is 0 Å². The molecule has 0 amide bonds. The van der Waals surface area contributed by atoms with Gasteiger partial charge >= 0.3 is 0 Å². The third-order valence-electron chi connectivity index (χ3n) is 4.60. The molecule has 0 aliphatic carbocycles. The molecule has 0 fully saturated rings. The number of aryl methyl sites for hydroxylation is 4. The summed E-state index contributed by atoms with van der Waals surface area (Å²) in [5, 5.41) is 11.4. The van der Waals surface area contributed by atoms with E-state index in [0.29, 0.717) is 6.04 Å². The number of hydrogen-bond donors (Lipinski definition) is 2. The van der Waals surface area contributed by atoms with Gasteiger partial charge in [0.1, 0.15) is 11.6 Å². The van der Waals surface area contributed by atoms with E-state index in [2.05, 4.69) is 59.7 Å². The summed E-state index contributed by atoms with van der Waals surface area (Å²) >= 11 is 0. The predicted octanol–water partition coefficient (Wildman–Crippen LogP) is 2.93. The Balaban J connectivity index is 0.00000261. The first-order chi connectivity index (χ1) is 12.5. The van der Waals surface area contributed by atoms with E-state index in [0.717, 1.165) is 56.5 Å². The van der Waals surface area contributed by atoms with Gasteiger partial charge < -0.3 is 10.6 Å². The second-order valence-corrected chi connectivity index (χ2v) is 7.14. The molecule has 0 bridgehead atoms. The normalized spacial score (nSPS) is 16.4. The number of aliphatic imine (C=N–C) groups is 1. The van der Waals surface area contributed by atoms with Crippen LogP contribution in [0.4, 0.5) is 0 Å². The third-order valence-corrected chi connectivity index (χ3v) is 4.60. The van der Waals surface area contributed by atoms with Gasteiger partial charge in [0.15, 0.2) is 5.96 Å². The third kappa shape index (κ3) is 6.19. The van der Waals surface area contributed by atoms with Gasteiger partial charge in [0.2, 0.25) is 0 Å². The van der Waals surface area contributed by atoms with Crippen LogP contribution in [0, 0.1) is 20.8 Å². The number of nitrogens with one attached hydrogen (secondary N) is 2. The molecule has 6 nitrogen and oxygen atoms in total. The van der Waals surface area contributed by atoms with Crippen molar-refractivity contribution in [3.05, 3.63) is 46.5 Å². The highest BCUT2D eigenvalue weighted by Gasteiger charge is 2.21. The number of halogens is 1. The number of nitrogens with zero attached hydrogens (tertiary/aromatic N) is 4. The average Bonchev–Trinajstić information content (AvgIpc) is 2.93. The van der Waals surface area contributed by atoms with Crippen molar-refractivity contribution in [1.29, 1.82) is 0 Å². The van der Waals surface area contributed by atoms with E-state index in [1.165, 1.54) is 16.7 Å². The summed E-state index contributed by atoms with van der Waals surface area (Å²) in [5.74, 6) is 2.84. The quantitative estimate of drug-likeness (QED) is 0.391. The number of hydrogen-bond acceptors (Lipinski definition) is 3. The predicted molar refractivity (Wildman–Crippen MR) is 121 cm³/mol. The zero-order chi connectivity index (χ0) is 18.5. The summed E-state index contributed by atoms with van der Waals surface area (Å²) in [5.41, 5.74) is 3.98. The fraction of sp³-hybridized carbons (Fsp3) is 0.550. The molecule has 148 valence electrons. The topological polar surface area (TPSA) is 67.1 Å². The van der Waals surface area contributed by atoms with E-state index < -0.39 is 0 Å². The molecule has 7 heteroatoms. The molecule has 1 aromatic heterocycles. The first kappa shape index (κ1) is 21.7. The summed E-state index contributed by atoms with van der Waals surface area (Å²) in [6, 6.07) is 7.04. The van der Waals surface area contributed by atoms with Crippen LogP contribution in [0.2, 0.25) is 0 Å². The van der Waals surface area contributed by atoms with Gasteiger partial charge in [0.05, 0.1) is 6.54 Å². The highest BCUT2D eigenvalue weighted by Crippen LogP contribution is 2.13. The van der Waals surface area contributed by atoms with Gasteiger partial charge in [-0.2, -0.15) is 5.10 Å². The van der Waals surface area contributed by atoms with Crippen LogP contribution >= 0.6 is 24.0 Å². The molecule has 0 saturated carbocycles. The van der Waals surface area contributed by atoms with E-state index >= 15 is 0 Å². The average molecular weight is 482 g/mol. The summed E-state index contributed by atoms with van der Waals surface area (Å²) in [7, 11) is 0. The van der Waals surface area contributed by atoms with Gasteiger partial charge in [-0.1, -0.05) is 29.3 Å². The monoisotopic (exact) mass is 482 g/mol. The van der Waals surface area contributed by atoms with Crippen LogP contribution in [-0.2, 0) is 19.4 Å². The summed E-state index contributed by atoms with van der Waals surface area (Å²) < 4.78 is 2.02. The Morgan fingerprint density at radius 1 is 1.22 bits per heavy atom.